The third kappa shape index (κ3) is 10.2. The van der Waals surface area contributed by atoms with E-state index in [1.807, 2.05) is 0 Å². The van der Waals surface area contributed by atoms with Gasteiger partial charge in [0, 0.05) is 31.2 Å². The highest BCUT2D eigenvalue weighted by atomic mass is 16.6. The van der Waals surface area contributed by atoms with Gasteiger partial charge in [-0.2, -0.15) is 0 Å². The Kier molecular flexibility index (Phi) is 13.1. The summed E-state index contributed by atoms with van der Waals surface area (Å²) < 4.78 is 5.17. The number of nitrogens with one attached hydrogen (secondary N) is 2. The van der Waals surface area contributed by atoms with Crippen molar-refractivity contribution in [3.05, 3.63) is 109 Å². The number of benzene rings is 3. The standard InChI is InChI=1S/C36H37N5O13/c1-20-5-3-6-21(2)33(20)36(49)54-19-30(43)25(18-32(45)46)38-34(47)27-7-4-14-39(27)35(48)26(15-22-8-11-24(12-9-22)40(50)51)37-31(44)17-23-10-13-29(42)28(16-23)41(52)53/h3,5-6,8-13,16,25-27,42H,4,7,14-15,17-19H2,1-2H3,(H,37,44)(H,38,47)(H,45,46)/t25-,26-,27?/m0/s1. The van der Waals surface area contributed by atoms with Crippen LogP contribution >= 0.6 is 0 Å². The molecule has 3 aromatic rings. The Balaban J connectivity index is 1.51. The molecule has 4 rings (SSSR count). The van der Waals surface area contributed by atoms with E-state index in [1.54, 1.807) is 32.0 Å². The number of ketones is 1. The number of phenols is 1. The van der Waals surface area contributed by atoms with Crippen LogP contribution in [-0.2, 0) is 41.6 Å². The maximum atomic E-state index is 14.1. The van der Waals surface area contributed by atoms with Crippen LogP contribution in [0, 0.1) is 34.1 Å². The Hall–Kier alpha value is -6.72. The number of carboxylic acid groups (broad SMARTS) is 1. The lowest BCUT2D eigenvalue weighted by molar-refractivity contribution is -0.385. The Bertz CT molecular complexity index is 1960. The molecule has 3 atom stereocenters. The molecule has 1 fully saturated rings. The molecule has 4 N–H and O–H groups in total. The summed E-state index contributed by atoms with van der Waals surface area (Å²) in [6.07, 6.45) is -1.04. The number of ether oxygens (including phenoxy) is 1. The third-order valence-electron chi connectivity index (χ3n) is 8.77. The van der Waals surface area contributed by atoms with Gasteiger partial charge in [0.25, 0.3) is 5.69 Å². The average molecular weight is 748 g/mol. The molecule has 54 heavy (non-hydrogen) atoms. The predicted molar refractivity (Wildman–Crippen MR) is 187 cm³/mol. The van der Waals surface area contributed by atoms with Crippen molar-refractivity contribution in [1.82, 2.24) is 15.5 Å². The lowest BCUT2D eigenvalue weighted by atomic mass is 10.0. The first-order valence-electron chi connectivity index (χ1n) is 16.6. The zero-order valence-corrected chi connectivity index (χ0v) is 29.2. The predicted octanol–water partition coefficient (Wildman–Crippen LogP) is 2.47. The number of carbonyl (C=O) groups is 6. The Labute approximate surface area is 307 Å². The van der Waals surface area contributed by atoms with Crippen molar-refractivity contribution in [3.63, 3.8) is 0 Å². The maximum Gasteiger partial charge on any atom is 0.339 e. The average Bonchev–Trinajstić information content (AvgIpc) is 3.61. The first-order chi connectivity index (χ1) is 25.5. The van der Waals surface area contributed by atoms with E-state index in [-0.39, 0.29) is 36.2 Å². The fraction of sp³-hybridized carbons (Fsp3) is 0.333. The molecule has 0 aliphatic carbocycles. The topological polar surface area (TPSA) is 266 Å². The number of carboxylic acids is 1. The number of nitro groups is 2. The molecule has 1 heterocycles. The number of Topliss-reactive ketones (excluding diaryl/α,β-unsaturated/α-hetero) is 1. The molecule has 3 amide bonds. The number of nitro benzene ring substituents is 2. The summed E-state index contributed by atoms with van der Waals surface area (Å²) in [6.45, 7) is 2.56. The molecule has 1 saturated heterocycles. The summed E-state index contributed by atoms with van der Waals surface area (Å²) in [4.78, 5) is 101. The summed E-state index contributed by atoms with van der Waals surface area (Å²) in [7, 11) is 0. The molecule has 284 valence electrons. The van der Waals surface area contributed by atoms with Crippen LogP contribution in [0.4, 0.5) is 11.4 Å². The van der Waals surface area contributed by atoms with Gasteiger partial charge in [-0.15, -0.1) is 0 Å². The van der Waals surface area contributed by atoms with Crippen molar-refractivity contribution in [2.75, 3.05) is 13.2 Å². The van der Waals surface area contributed by atoms with Crippen molar-refractivity contribution >= 4 is 46.8 Å². The number of phenolic OH excluding ortho intramolecular Hbond substituents is 1. The molecule has 0 saturated carbocycles. The Morgan fingerprint density at radius 1 is 0.907 bits per heavy atom. The van der Waals surface area contributed by atoms with Crippen molar-refractivity contribution in [3.8, 4) is 5.75 Å². The van der Waals surface area contributed by atoms with Crippen LogP contribution < -0.4 is 10.6 Å². The Morgan fingerprint density at radius 2 is 1.56 bits per heavy atom. The first-order valence-corrected chi connectivity index (χ1v) is 16.6. The summed E-state index contributed by atoms with van der Waals surface area (Å²) in [6, 6.07) is 9.45. The summed E-state index contributed by atoms with van der Waals surface area (Å²) in [5.41, 5.74) is 1.13. The smallest absolute Gasteiger partial charge is 0.339 e. The molecule has 0 aromatic heterocycles. The van der Waals surface area contributed by atoms with E-state index >= 15 is 0 Å². The quantitative estimate of drug-likeness (QED) is 0.0933. The van der Waals surface area contributed by atoms with Crippen LogP contribution in [0.2, 0.25) is 0 Å². The van der Waals surface area contributed by atoms with Gasteiger partial charge in [0.2, 0.25) is 17.7 Å². The molecular formula is C36H37N5O13. The fourth-order valence-corrected chi connectivity index (χ4v) is 6.08. The van der Waals surface area contributed by atoms with Gasteiger partial charge >= 0.3 is 17.6 Å². The van der Waals surface area contributed by atoms with Crippen LogP contribution in [0.1, 0.15) is 51.9 Å². The van der Waals surface area contributed by atoms with Crippen LogP contribution in [0.5, 0.6) is 5.75 Å². The fourth-order valence-electron chi connectivity index (χ4n) is 6.08. The molecule has 18 nitrogen and oxygen atoms in total. The SMILES string of the molecule is Cc1cccc(C)c1C(=O)OCC(=O)[C@H](CC(=O)O)NC(=O)C1CCCN1C(=O)[C@H](Cc1ccc([N+](=O)[O-])cc1)NC(=O)Cc1ccc(O)c([N+](=O)[O-])c1. The van der Waals surface area contributed by atoms with Gasteiger partial charge in [-0.3, -0.25) is 44.2 Å². The number of nitrogens with zero attached hydrogens (tertiary/aromatic N) is 3. The molecule has 0 spiro atoms. The highest BCUT2D eigenvalue weighted by Crippen LogP contribution is 2.27. The number of aliphatic carboxylic acids is 1. The molecule has 1 aliphatic heterocycles. The number of hydrogen-bond donors (Lipinski definition) is 4. The number of hydrogen-bond acceptors (Lipinski definition) is 12. The minimum Gasteiger partial charge on any atom is -0.502 e. The molecule has 18 heteroatoms. The van der Waals surface area contributed by atoms with E-state index in [1.165, 1.54) is 35.2 Å². The van der Waals surface area contributed by atoms with Gasteiger partial charge in [0.1, 0.15) is 18.1 Å². The molecule has 3 aromatic carbocycles. The van der Waals surface area contributed by atoms with E-state index < -0.39 is 94.3 Å². The van der Waals surface area contributed by atoms with Crippen LogP contribution in [0.15, 0.2) is 60.7 Å². The van der Waals surface area contributed by atoms with Crippen LogP contribution in [0.3, 0.4) is 0 Å². The zero-order valence-electron chi connectivity index (χ0n) is 29.2. The van der Waals surface area contributed by atoms with E-state index in [9.17, 15) is 59.2 Å². The van der Waals surface area contributed by atoms with Gasteiger partial charge < -0.3 is 30.5 Å². The van der Waals surface area contributed by atoms with E-state index in [0.29, 0.717) is 23.1 Å². The summed E-state index contributed by atoms with van der Waals surface area (Å²) >= 11 is 0. The molecular weight excluding hydrogens is 710 g/mol. The Morgan fingerprint density at radius 3 is 2.17 bits per heavy atom. The lowest BCUT2D eigenvalue weighted by Gasteiger charge is -2.30. The molecule has 0 bridgehead atoms. The highest BCUT2D eigenvalue weighted by molar-refractivity contribution is 5.98. The number of rotatable bonds is 16. The van der Waals surface area contributed by atoms with Crippen molar-refractivity contribution in [1.29, 1.82) is 0 Å². The normalized spacial score (nSPS) is 14.7. The number of aromatic hydroxyl groups is 1. The van der Waals surface area contributed by atoms with E-state index in [0.717, 1.165) is 12.1 Å². The minimum atomic E-state index is -1.62. The number of likely N-dealkylation sites (tertiary alicyclic amines) is 1. The van der Waals surface area contributed by atoms with Crippen molar-refractivity contribution < 1.29 is 53.6 Å². The second kappa shape index (κ2) is 17.7. The van der Waals surface area contributed by atoms with Gasteiger partial charge in [-0.1, -0.05) is 36.4 Å². The lowest BCUT2D eigenvalue weighted by Crippen LogP contribution is -2.56. The van der Waals surface area contributed by atoms with Crippen LogP contribution in [-0.4, -0.2) is 91.7 Å². The number of non-ortho nitro benzene ring substituents is 1. The molecule has 0 radical (unpaired) electrons. The second-order valence-electron chi connectivity index (χ2n) is 12.7. The van der Waals surface area contributed by atoms with Crippen molar-refractivity contribution in [2.24, 2.45) is 0 Å². The maximum absolute atomic E-state index is 14.1. The summed E-state index contributed by atoms with van der Waals surface area (Å²) in [5.74, 6) is -6.11. The van der Waals surface area contributed by atoms with Crippen LogP contribution in [0.25, 0.3) is 0 Å². The number of carbonyl (C=O) groups excluding carboxylic acids is 5. The monoisotopic (exact) mass is 747 g/mol. The first kappa shape index (κ1) is 40.1. The number of aryl methyl sites for hydroxylation is 2. The number of esters is 1. The van der Waals surface area contributed by atoms with Gasteiger partial charge in [0.05, 0.1) is 28.3 Å². The second-order valence-corrected chi connectivity index (χ2v) is 12.7. The van der Waals surface area contributed by atoms with Gasteiger partial charge in [0.15, 0.2) is 18.1 Å². The third-order valence-corrected chi connectivity index (χ3v) is 8.77. The molecule has 1 aliphatic rings. The molecule has 1 unspecified atom stereocenters. The van der Waals surface area contributed by atoms with E-state index in [2.05, 4.69) is 10.6 Å². The minimum absolute atomic E-state index is 0.0403. The summed E-state index contributed by atoms with van der Waals surface area (Å²) in [5, 5.41) is 46.6. The largest absolute Gasteiger partial charge is 0.502 e. The van der Waals surface area contributed by atoms with Gasteiger partial charge in [-0.25, -0.2) is 4.79 Å². The number of amides is 3. The van der Waals surface area contributed by atoms with E-state index in [4.69, 9.17) is 4.74 Å². The van der Waals surface area contributed by atoms with Gasteiger partial charge in [-0.05, 0) is 55.0 Å². The highest BCUT2D eigenvalue weighted by Gasteiger charge is 2.39. The van der Waals surface area contributed by atoms with Crippen molar-refractivity contribution in [2.45, 2.75) is 64.1 Å². The zero-order chi connectivity index (χ0) is 39.7.